The summed E-state index contributed by atoms with van der Waals surface area (Å²) in [5.41, 5.74) is 0. The third kappa shape index (κ3) is 5.81. The van der Waals surface area contributed by atoms with Crippen molar-refractivity contribution in [1.82, 2.24) is 9.62 Å². The van der Waals surface area contributed by atoms with Crippen molar-refractivity contribution in [2.24, 2.45) is 0 Å². The van der Waals surface area contributed by atoms with E-state index in [0.717, 1.165) is 13.1 Å². The predicted octanol–water partition coefficient (Wildman–Crippen LogP) is 0.163. The monoisotopic (exact) mass is 264 g/mol. The second kappa shape index (κ2) is 7.31. The van der Waals surface area contributed by atoms with E-state index in [1.807, 2.05) is 0 Å². The molecule has 5 nitrogen and oxygen atoms in total. The number of aliphatic hydroxyl groups is 1. The van der Waals surface area contributed by atoms with Crippen molar-refractivity contribution < 1.29 is 13.5 Å². The molecule has 1 aliphatic rings. The van der Waals surface area contributed by atoms with E-state index in [0.29, 0.717) is 13.0 Å². The van der Waals surface area contributed by atoms with Gasteiger partial charge in [-0.1, -0.05) is 6.42 Å². The van der Waals surface area contributed by atoms with Gasteiger partial charge in [-0.3, -0.25) is 4.90 Å². The lowest BCUT2D eigenvalue weighted by Crippen LogP contribution is -2.44. The smallest absolute Gasteiger partial charge is 0.211 e. The molecule has 6 heteroatoms. The highest BCUT2D eigenvalue weighted by molar-refractivity contribution is 7.89. The number of nitrogens with one attached hydrogen (secondary N) is 1. The first-order valence-corrected chi connectivity index (χ1v) is 8.02. The van der Waals surface area contributed by atoms with Crippen LogP contribution in [0.3, 0.4) is 0 Å². The van der Waals surface area contributed by atoms with Gasteiger partial charge in [-0.05, 0) is 39.3 Å². The number of aliphatic hydroxyl groups excluding tert-OH is 1. The van der Waals surface area contributed by atoms with Gasteiger partial charge in [0.15, 0.2) is 0 Å². The number of nitrogens with zero attached hydrogens (tertiary/aromatic N) is 1. The van der Waals surface area contributed by atoms with Gasteiger partial charge in [0.2, 0.25) is 10.0 Å². The molecular formula is C11H24N2O3S. The average Bonchev–Trinajstić information content (AvgIpc) is 2.35. The van der Waals surface area contributed by atoms with Crippen molar-refractivity contribution in [1.29, 1.82) is 0 Å². The van der Waals surface area contributed by atoms with Crippen LogP contribution in [0.15, 0.2) is 0 Å². The number of piperidine rings is 1. The fourth-order valence-electron chi connectivity index (χ4n) is 2.06. The van der Waals surface area contributed by atoms with Gasteiger partial charge < -0.3 is 5.11 Å². The van der Waals surface area contributed by atoms with Gasteiger partial charge in [0.05, 0.1) is 5.75 Å². The van der Waals surface area contributed by atoms with Crippen molar-refractivity contribution in [3.63, 3.8) is 0 Å². The van der Waals surface area contributed by atoms with Crippen LogP contribution >= 0.6 is 0 Å². The molecule has 0 bridgehead atoms. The molecule has 1 rings (SSSR count). The van der Waals surface area contributed by atoms with Gasteiger partial charge in [0.25, 0.3) is 0 Å². The maximum Gasteiger partial charge on any atom is 0.211 e. The van der Waals surface area contributed by atoms with Gasteiger partial charge in [-0.2, -0.15) is 0 Å². The Bertz CT molecular complexity index is 300. The molecule has 1 unspecified atom stereocenters. The third-order valence-corrected chi connectivity index (χ3v) is 4.62. The predicted molar refractivity (Wildman–Crippen MR) is 68.4 cm³/mol. The van der Waals surface area contributed by atoms with E-state index >= 15 is 0 Å². The number of sulfonamides is 1. The second-order valence-electron chi connectivity index (χ2n) is 4.69. The van der Waals surface area contributed by atoms with E-state index in [1.54, 1.807) is 0 Å². The fraction of sp³-hybridized carbons (Fsp3) is 1.00. The summed E-state index contributed by atoms with van der Waals surface area (Å²) in [7, 11) is -3.21. The Hall–Kier alpha value is -0.170. The first-order chi connectivity index (χ1) is 8.05. The molecule has 0 saturated carbocycles. The number of hydrogen-bond acceptors (Lipinski definition) is 4. The van der Waals surface area contributed by atoms with Crippen LogP contribution in [0, 0.1) is 0 Å². The van der Waals surface area contributed by atoms with Crippen LogP contribution in [0.1, 0.15) is 32.6 Å². The maximum absolute atomic E-state index is 11.5. The lowest BCUT2D eigenvalue weighted by molar-refractivity contribution is 0.175. The van der Waals surface area contributed by atoms with E-state index in [-0.39, 0.29) is 18.4 Å². The van der Waals surface area contributed by atoms with Crippen LogP contribution in [-0.4, -0.2) is 56.5 Å². The molecule has 17 heavy (non-hydrogen) atoms. The third-order valence-electron chi connectivity index (χ3n) is 3.18. The summed E-state index contributed by atoms with van der Waals surface area (Å²) in [6.45, 7) is 4.58. The maximum atomic E-state index is 11.5. The first kappa shape index (κ1) is 14.9. The minimum Gasteiger partial charge on any atom is -0.396 e. The number of hydrogen-bond donors (Lipinski definition) is 2. The van der Waals surface area contributed by atoms with Crippen LogP contribution < -0.4 is 4.72 Å². The van der Waals surface area contributed by atoms with Gasteiger partial charge in [0.1, 0.15) is 0 Å². The Morgan fingerprint density at radius 3 is 2.53 bits per heavy atom. The highest BCUT2D eigenvalue weighted by Crippen LogP contribution is 2.11. The summed E-state index contributed by atoms with van der Waals surface area (Å²) in [6.07, 6.45) is 4.00. The molecule has 1 heterocycles. The molecule has 0 aliphatic carbocycles. The minimum atomic E-state index is -3.21. The number of rotatable bonds is 7. The molecule has 0 amide bonds. The van der Waals surface area contributed by atoms with Crippen molar-refractivity contribution in [3.05, 3.63) is 0 Å². The quantitative estimate of drug-likeness (QED) is 0.687. The first-order valence-electron chi connectivity index (χ1n) is 6.37. The molecule has 1 fully saturated rings. The Labute approximate surface area is 104 Å². The average molecular weight is 264 g/mol. The molecule has 1 atom stereocenters. The zero-order valence-electron chi connectivity index (χ0n) is 10.6. The molecule has 0 aromatic heterocycles. The second-order valence-corrected chi connectivity index (χ2v) is 6.62. The Morgan fingerprint density at radius 1 is 1.29 bits per heavy atom. The van der Waals surface area contributed by atoms with Gasteiger partial charge >= 0.3 is 0 Å². The zero-order valence-corrected chi connectivity index (χ0v) is 11.4. The van der Waals surface area contributed by atoms with E-state index < -0.39 is 10.0 Å². The standard InChI is InChI=1S/C11H24N2O3S/c1-11(13-6-3-2-4-7-13)10-12-17(15,16)9-5-8-14/h11-12,14H,2-10H2,1H3. The van der Waals surface area contributed by atoms with E-state index in [2.05, 4.69) is 16.5 Å². The Kier molecular flexibility index (Phi) is 6.40. The van der Waals surface area contributed by atoms with Crippen LogP contribution in [0.4, 0.5) is 0 Å². The Morgan fingerprint density at radius 2 is 1.94 bits per heavy atom. The van der Waals surface area contributed by atoms with E-state index in [9.17, 15) is 8.42 Å². The van der Waals surface area contributed by atoms with Crippen molar-refractivity contribution in [2.45, 2.75) is 38.6 Å². The molecule has 0 aromatic carbocycles. The molecule has 0 aromatic rings. The highest BCUT2D eigenvalue weighted by atomic mass is 32.2. The summed E-state index contributed by atoms with van der Waals surface area (Å²) in [6, 6.07) is 0.249. The van der Waals surface area contributed by atoms with E-state index in [1.165, 1.54) is 19.3 Å². The topological polar surface area (TPSA) is 69.6 Å². The van der Waals surface area contributed by atoms with Crippen LogP contribution in [-0.2, 0) is 10.0 Å². The van der Waals surface area contributed by atoms with Crippen molar-refractivity contribution >= 4 is 10.0 Å². The molecule has 1 saturated heterocycles. The summed E-state index contributed by atoms with van der Waals surface area (Å²) in [4.78, 5) is 2.33. The molecule has 1 aliphatic heterocycles. The minimum absolute atomic E-state index is 0.0101. The van der Waals surface area contributed by atoms with Crippen LogP contribution in [0.25, 0.3) is 0 Å². The highest BCUT2D eigenvalue weighted by Gasteiger charge is 2.18. The van der Waals surface area contributed by atoms with Crippen LogP contribution in [0.2, 0.25) is 0 Å². The summed E-state index contributed by atoms with van der Waals surface area (Å²) in [5, 5.41) is 8.61. The van der Waals surface area contributed by atoms with Gasteiger partial charge in [-0.15, -0.1) is 0 Å². The number of likely N-dealkylation sites (tertiary alicyclic amines) is 1. The normalized spacial score (nSPS) is 20.4. The SMILES string of the molecule is CC(CNS(=O)(=O)CCCO)N1CCCCC1. The molecule has 102 valence electrons. The molecule has 2 N–H and O–H groups in total. The van der Waals surface area contributed by atoms with Gasteiger partial charge in [0, 0.05) is 19.2 Å². The fourth-order valence-corrected chi connectivity index (χ4v) is 3.21. The van der Waals surface area contributed by atoms with E-state index in [4.69, 9.17) is 5.11 Å². The van der Waals surface area contributed by atoms with Crippen molar-refractivity contribution in [3.8, 4) is 0 Å². The summed E-state index contributed by atoms with van der Waals surface area (Å²) >= 11 is 0. The molecular weight excluding hydrogens is 240 g/mol. The molecule has 0 radical (unpaired) electrons. The van der Waals surface area contributed by atoms with Gasteiger partial charge in [-0.25, -0.2) is 13.1 Å². The summed E-state index contributed by atoms with van der Waals surface area (Å²) in [5.74, 6) is 0.0101. The van der Waals surface area contributed by atoms with Crippen molar-refractivity contribution in [2.75, 3.05) is 32.0 Å². The lowest BCUT2D eigenvalue weighted by atomic mass is 10.1. The summed E-state index contributed by atoms with van der Waals surface area (Å²) < 4.78 is 25.7. The zero-order chi connectivity index (χ0) is 12.7. The Balaban J connectivity index is 2.28. The molecule has 0 spiro atoms. The largest absolute Gasteiger partial charge is 0.396 e. The lowest BCUT2D eigenvalue weighted by Gasteiger charge is -2.32. The van der Waals surface area contributed by atoms with Crippen LogP contribution in [0.5, 0.6) is 0 Å².